The Bertz CT molecular complexity index is 476. The molecule has 0 bridgehead atoms. The second kappa shape index (κ2) is 7.39. The zero-order chi connectivity index (χ0) is 15.1. The third-order valence-electron chi connectivity index (χ3n) is 2.33. The summed E-state index contributed by atoms with van der Waals surface area (Å²) in [4.78, 5) is 22.4. The normalized spacial score (nSPS) is 11.8. The van der Waals surface area contributed by atoms with E-state index in [0.717, 1.165) is 12.1 Å². The van der Waals surface area contributed by atoms with Crippen molar-refractivity contribution in [3.05, 3.63) is 29.8 Å². The fourth-order valence-electron chi connectivity index (χ4n) is 1.44. The van der Waals surface area contributed by atoms with Gasteiger partial charge in [0.25, 0.3) is 0 Å². The van der Waals surface area contributed by atoms with Crippen LogP contribution in [0, 0.1) is 11.6 Å². The van der Waals surface area contributed by atoms with Crippen LogP contribution >= 0.6 is 0 Å². The van der Waals surface area contributed by atoms with E-state index < -0.39 is 29.7 Å². The lowest BCUT2D eigenvalue weighted by atomic mass is 10.2. The third-order valence-corrected chi connectivity index (χ3v) is 2.33. The number of hydrogen-bond acceptors (Lipinski definition) is 3. The highest BCUT2D eigenvalue weighted by Gasteiger charge is 2.19. The maximum Gasteiger partial charge on any atom is 0.326 e. The maximum atomic E-state index is 12.9. The molecule has 0 heterocycles. The van der Waals surface area contributed by atoms with Crippen molar-refractivity contribution in [2.45, 2.75) is 12.5 Å². The molecule has 8 heteroatoms. The first-order valence-corrected chi connectivity index (χ1v) is 5.67. The minimum Gasteiger partial charge on any atom is -0.480 e. The van der Waals surface area contributed by atoms with Crippen molar-refractivity contribution in [3.63, 3.8) is 0 Å². The van der Waals surface area contributed by atoms with E-state index in [9.17, 15) is 18.4 Å². The second-order valence-corrected chi connectivity index (χ2v) is 3.93. The van der Waals surface area contributed by atoms with E-state index in [1.54, 1.807) is 0 Å². The minimum atomic E-state index is -1.23. The van der Waals surface area contributed by atoms with Crippen LogP contribution in [0.3, 0.4) is 0 Å². The third kappa shape index (κ3) is 5.19. The quantitative estimate of drug-likeness (QED) is 0.741. The van der Waals surface area contributed by atoms with E-state index in [2.05, 4.69) is 10.6 Å². The molecule has 1 aromatic carbocycles. The molecule has 2 amide bonds. The fourth-order valence-corrected chi connectivity index (χ4v) is 1.44. The molecule has 0 radical (unpaired) electrons. The molecule has 0 aliphatic carbocycles. The lowest BCUT2D eigenvalue weighted by Gasteiger charge is -2.14. The number of urea groups is 1. The van der Waals surface area contributed by atoms with Crippen LogP contribution < -0.4 is 10.6 Å². The number of rotatable bonds is 6. The monoisotopic (exact) mass is 288 g/mol. The minimum absolute atomic E-state index is 0.0662. The number of carboxylic acids is 1. The van der Waals surface area contributed by atoms with Gasteiger partial charge in [0.2, 0.25) is 0 Å². The molecule has 0 spiro atoms. The number of hydrogen-bond donors (Lipinski definition) is 3. The van der Waals surface area contributed by atoms with E-state index in [4.69, 9.17) is 9.84 Å². The highest BCUT2D eigenvalue weighted by Crippen LogP contribution is 2.12. The van der Waals surface area contributed by atoms with Crippen molar-refractivity contribution in [3.8, 4) is 0 Å². The molecule has 0 fully saturated rings. The summed E-state index contributed by atoms with van der Waals surface area (Å²) in [5, 5.41) is 13.2. The smallest absolute Gasteiger partial charge is 0.326 e. The second-order valence-electron chi connectivity index (χ2n) is 3.93. The lowest BCUT2D eigenvalue weighted by molar-refractivity contribution is -0.139. The van der Waals surface area contributed by atoms with Gasteiger partial charge in [-0.05, 0) is 12.1 Å². The van der Waals surface area contributed by atoms with Crippen LogP contribution in [0.4, 0.5) is 19.3 Å². The maximum absolute atomic E-state index is 12.9. The number of amides is 2. The van der Waals surface area contributed by atoms with Gasteiger partial charge in [0.1, 0.15) is 17.7 Å². The van der Waals surface area contributed by atoms with Gasteiger partial charge in [0, 0.05) is 31.9 Å². The molecule has 3 N–H and O–H groups in total. The van der Waals surface area contributed by atoms with Gasteiger partial charge >= 0.3 is 12.0 Å². The van der Waals surface area contributed by atoms with E-state index in [1.165, 1.54) is 7.11 Å². The Morgan fingerprint density at radius 3 is 2.40 bits per heavy atom. The predicted octanol–water partition coefficient (Wildman–Crippen LogP) is 1.58. The molecular weight excluding hydrogens is 274 g/mol. The van der Waals surface area contributed by atoms with E-state index >= 15 is 0 Å². The van der Waals surface area contributed by atoms with Crippen molar-refractivity contribution in [1.29, 1.82) is 0 Å². The Morgan fingerprint density at radius 2 is 1.90 bits per heavy atom. The van der Waals surface area contributed by atoms with Gasteiger partial charge in [-0.25, -0.2) is 18.4 Å². The Balaban J connectivity index is 2.63. The number of ether oxygens (including phenoxy) is 1. The number of carboxylic acid groups (broad SMARTS) is 1. The van der Waals surface area contributed by atoms with Gasteiger partial charge in [-0.1, -0.05) is 0 Å². The van der Waals surface area contributed by atoms with Crippen molar-refractivity contribution in [2.24, 2.45) is 0 Å². The van der Waals surface area contributed by atoms with Gasteiger partial charge in [0.15, 0.2) is 0 Å². The molecule has 1 rings (SSSR count). The topological polar surface area (TPSA) is 87.7 Å². The van der Waals surface area contributed by atoms with Crippen molar-refractivity contribution < 1.29 is 28.2 Å². The van der Waals surface area contributed by atoms with Crippen molar-refractivity contribution >= 4 is 17.7 Å². The molecule has 1 atom stereocenters. The summed E-state index contributed by atoms with van der Waals surface area (Å²) in [6.45, 7) is 0.145. The molecule has 6 nitrogen and oxygen atoms in total. The molecule has 1 unspecified atom stereocenters. The standard InChI is InChI=1S/C12H14F2N2O4/c1-20-3-2-10(11(17)18)16-12(19)15-9-5-7(13)4-8(14)6-9/h4-6,10H,2-3H2,1H3,(H,17,18)(H2,15,16,19). The largest absolute Gasteiger partial charge is 0.480 e. The van der Waals surface area contributed by atoms with Crippen LogP contribution in [0.15, 0.2) is 18.2 Å². The van der Waals surface area contributed by atoms with Crippen LogP contribution in [0.25, 0.3) is 0 Å². The molecule has 0 aromatic heterocycles. The van der Waals surface area contributed by atoms with Gasteiger partial charge in [0.05, 0.1) is 0 Å². The summed E-state index contributed by atoms with van der Waals surface area (Å²) in [5.74, 6) is -2.94. The van der Waals surface area contributed by atoms with Crippen LogP contribution in [-0.4, -0.2) is 36.9 Å². The first-order valence-electron chi connectivity index (χ1n) is 5.67. The molecule has 110 valence electrons. The van der Waals surface area contributed by atoms with Crippen LogP contribution in [0.1, 0.15) is 6.42 Å². The SMILES string of the molecule is COCCC(NC(=O)Nc1cc(F)cc(F)c1)C(=O)O. The van der Waals surface area contributed by atoms with Gasteiger partial charge in [-0.2, -0.15) is 0 Å². The van der Waals surface area contributed by atoms with Gasteiger partial charge in [-0.15, -0.1) is 0 Å². The molecule has 1 aromatic rings. The number of carbonyl (C=O) groups excluding carboxylic acids is 1. The number of benzene rings is 1. The molecule has 0 saturated carbocycles. The van der Waals surface area contributed by atoms with E-state index in [0.29, 0.717) is 6.07 Å². The van der Waals surface area contributed by atoms with E-state index in [-0.39, 0.29) is 18.7 Å². The van der Waals surface area contributed by atoms with Crippen molar-refractivity contribution in [1.82, 2.24) is 5.32 Å². The average Bonchev–Trinajstić information content (AvgIpc) is 2.32. The summed E-state index contributed by atoms with van der Waals surface area (Å²) in [7, 11) is 1.40. The summed E-state index contributed by atoms with van der Waals surface area (Å²) < 4.78 is 30.5. The molecule has 0 aliphatic heterocycles. The van der Waals surface area contributed by atoms with Gasteiger partial charge in [-0.3, -0.25) is 0 Å². The highest BCUT2D eigenvalue weighted by atomic mass is 19.1. The van der Waals surface area contributed by atoms with Gasteiger partial charge < -0.3 is 20.5 Å². The summed E-state index contributed by atoms with van der Waals surface area (Å²) in [6, 6.07) is 0.440. The number of halogens is 2. The average molecular weight is 288 g/mol. The summed E-state index contributed by atoms with van der Waals surface area (Å²) >= 11 is 0. The number of nitrogens with one attached hydrogen (secondary N) is 2. The summed E-state index contributed by atoms with van der Waals surface area (Å²) in [6.07, 6.45) is 0.0662. The Hall–Kier alpha value is -2.22. The number of carbonyl (C=O) groups is 2. The lowest BCUT2D eigenvalue weighted by Crippen LogP contribution is -2.43. The van der Waals surface area contributed by atoms with Crippen LogP contribution in [0.5, 0.6) is 0 Å². The summed E-state index contributed by atoms with van der Waals surface area (Å²) in [5.41, 5.74) is -0.115. The molecular formula is C12H14F2N2O4. The predicted molar refractivity (Wildman–Crippen MR) is 66.4 cm³/mol. The van der Waals surface area contributed by atoms with E-state index in [1.807, 2.05) is 0 Å². The van der Waals surface area contributed by atoms with Crippen LogP contribution in [0.2, 0.25) is 0 Å². The first-order chi connectivity index (χ1) is 9.42. The number of aliphatic carboxylic acids is 1. The first kappa shape index (κ1) is 15.8. The Labute approximate surface area is 113 Å². The zero-order valence-electron chi connectivity index (χ0n) is 10.7. The molecule has 0 aliphatic rings. The number of anilines is 1. The Morgan fingerprint density at radius 1 is 1.30 bits per heavy atom. The zero-order valence-corrected chi connectivity index (χ0v) is 10.7. The van der Waals surface area contributed by atoms with Crippen molar-refractivity contribution in [2.75, 3.05) is 19.0 Å². The number of methoxy groups -OCH3 is 1. The van der Waals surface area contributed by atoms with Crippen LogP contribution in [-0.2, 0) is 9.53 Å². The Kier molecular flexibility index (Phi) is 5.85. The highest BCUT2D eigenvalue weighted by molar-refractivity contribution is 5.92. The fraction of sp³-hybridized carbons (Fsp3) is 0.333. The molecule has 0 saturated heterocycles. The molecule has 20 heavy (non-hydrogen) atoms.